The second kappa shape index (κ2) is 10.2. The molecule has 0 aliphatic carbocycles. The van der Waals surface area contributed by atoms with Gasteiger partial charge in [0.15, 0.2) is 5.82 Å². The normalized spacial score (nSPS) is 10.8. The maximum absolute atomic E-state index is 11.7. The SMILES string of the molecule is CCOC(=O)/C(C#N)=C/c1ccc(Nc2nc(Cl)nc(-c3ccccc3OC)n2)cc1. The van der Waals surface area contributed by atoms with Crippen molar-refractivity contribution in [3.8, 4) is 23.2 Å². The zero-order chi connectivity index (χ0) is 22.2. The first-order valence-corrected chi connectivity index (χ1v) is 9.62. The minimum Gasteiger partial charge on any atom is -0.496 e. The number of nitrogens with one attached hydrogen (secondary N) is 1. The number of hydrogen-bond acceptors (Lipinski definition) is 8. The molecule has 156 valence electrons. The number of hydrogen-bond donors (Lipinski definition) is 1. The van der Waals surface area contributed by atoms with Gasteiger partial charge in [0, 0.05) is 5.69 Å². The highest BCUT2D eigenvalue weighted by Gasteiger charge is 2.12. The van der Waals surface area contributed by atoms with Crippen molar-refractivity contribution in [1.82, 2.24) is 15.0 Å². The Hall–Kier alpha value is -3.96. The van der Waals surface area contributed by atoms with Crippen molar-refractivity contribution in [3.05, 3.63) is 65.0 Å². The van der Waals surface area contributed by atoms with Gasteiger partial charge in [0.05, 0.1) is 19.3 Å². The first-order chi connectivity index (χ1) is 15.0. The largest absolute Gasteiger partial charge is 0.496 e. The summed E-state index contributed by atoms with van der Waals surface area (Å²) in [5.74, 6) is 0.582. The summed E-state index contributed by atoms with van der Waals surface area (Å²) in [7, 11) is 1.57. The van der Waals surface area contributed by atoms with Crippen LogP contribution in [0.1, 0.15) is 12.5 Å². The number of carbonyl (C=O) groups excluding carboxylic acids is 1. The van der Waals surface area contributed by atoms with Crippen LogP contribution in [0.25, 0.3) is 17.5 Å². The van der Waals surface area contributed by atoms with Crippen molar-refractivity contribution in [2.75, 3.05) is 19.0 Å². The number of benzene rings is 2. The van der Waals surface area contributed by atoms with Gasteiger partial charge in [-0.3, -0.25) is 0 Å². The highest BCUT2D eigenvalue weighted by Crippen LogP contribution is 2.28. The zero-order valence-corrected chi connectivity index (χ0v) is 17.6. The van der Waals surface area contributed by atoms with E-state index in [2.05, 4.69) is 20.3 Å². The summed E-state index contributed by atoms with van der Waals surface area (Å²) in [6.07, 6.45) is 1.46. The van der Waals surface area contributed by atoms with Crippen LogP contribution in [0.5, 0.6) is 5.75 Å². The average molecular weight is 436 g/mol. The molecule has 0 saturated heterocycles. The van der Waals surface area contributed by atoms with Crippen molar-refractivity contribution in [3.63, 3.8) is 0 Å². The third-order valence-electron chi connectivity index (χ3n) is 4.05. The van der Waals surface area contributed by atoms with Crippen LogP contribution in [0.15, 0.2) is 54.1 Å². The van der Waals surface area contributed by atoms with Crippen LogP contribution in [0.3, 0.4) is 0 Å². The Morgan fingerprint density at radius 3 is 2.58 bits per heavy atom. The number of ether oxygens (including phenoxy) is 2. The molecule has 3 rings (SSSR count). The molecule has 0 saturated carbocycles. The van der Waals surface area contributed by atoms with Crippen LogP contribution in [0, 0.1) is 11.3 Å². The molecule has 1 heterocycles. The van der Waals surface area contributed by atoms with Gasteiger partial charge in [-0.15, -0.1) is 0 Å². The predicted molar refractivity (Wildman–Crippen MR) is 117 cm³/mol. The van der Waals surface area contributed by atoms with E-state index in [0.717, 1.165) is 0 Å². The van der Waals surface area contributed by atoms with Crippen LogP contribution in [-0.2, 0) is 9.53 Å². The fourth-order valence-corrected chi connectivity index (χ4v) is 2.82. The Bertz CT molecular complexity index is 1160. The van der Waals surface area contributed by atoms with E-state index in [0.29, 0.717) is 28.4 Å². The highest BCUT2D eigenvalue weighted by atomic mass is 35.5. The minimum atomic E-state index is -0.657. The highest BCUT2D eigenvalue weighted by molar-refractivity contribution is 6.28. The first-order valence-electron chi connectivity index (χ1n) is 9.25. The van der Waals surface area contributed by atoms with Crippen LogP contribution in [0.4, 0.5) is 11.6 Å². The zero-order valence-electron chi connectivity index (χ0n) is 16.8. The monoisotopic (exact) mass is 435 g/mol. The molecule has 0 radical (unpaired) electrons. The van der Waals surface area contributed by atoms with Crippen LogP contribution in [-0.4, -0.2) is 34.6 Å². The van der Waals surface area contributed by atoms with E-state index in [1.54, 1.807) is 44.4 Å². The lowest BCUT2D eigenvalue weighted by Gasteiger charge is -2.10. The molecule has 0 unspecified atom stereocenters. The summed E-state index contributed by atoms with van der Waals surface area (Å²) >= 11 is 6.09. The van der Waals surface area contributed by atoms with Crippen LogP contribution < -0.4 is 10.1 Å². The molecule has 31 heavy (non-hydrogen) atoms. The Morgan fingerprint density at radius 2 is 1.90 bits per heavy atom. The molecule has 0 atom stereocenters. The van der Waals surface area contributed by atoms with Gasteiger partial charge in [0.25, 0.3) is 0 Å². The van der Waals surface area contributed by atoms with E-state index in [9.17, 15) is 4.79 Å². The van der Waals surface area contributed by atoms with Crippen molar-refractivity contribution in [2.24, 2.45) is 0 Å². The fourth-order valence-electron chi connectivity index (χ4n) is 2.66. The van der Waals surface area contributed by atoms with Gasteiger partial charge in [0.2, 0.25) is 11.2 Å². The number of nitrogens with zero attached hydrogens (tertiary/aromatic N) is 4. The van der Waals surface area contributed by atoms with Crippen LogP contribution >= 0.6 is 11.6 Å². The van der Waals surface area contributed by atoms with Crippen molar-refractivity contribution in [2.45, 2.75) is 6.92 Å². The third kappa shape index (κ3) is 5.56. The molecule has 0 fully saturated rings. The molecular weight excluding hydrogens is 418 g/mol. The molecular formula is C22H18ClN5O3. The number of esters is 1. The fraction of sp³-hybridized carbons (Fsp3) is 0.136. The molecule has 0 aliphatic heterocycles. The molecule has 2 aromatic carbocycles. The van der Waals surface area contributed by atoms with Crippen molar-refractivity contribution < 1.29 is 14.3 Å². The molecule has 1 N–H and O–H groups in total. The quantitative estimate of drug-likeness (QED) is 0.330. The van der Waals surface area contributed by atoms with Crippen molar-refractivity contribution >= 4 is 35.3 Å². The Kier molecular flexibility index (Phi) is 7.14. The molecule has 8 nitrogen and oxygen atoms in total. The minimum absolute atomic E-state index is 0.0334. The number of anilines is 2. The van der Waals surface area contributed by atoms with E-state index in [4.69, 9.17) is 26.3 Å². The van der Waals surface area contributed by atoms with Gasteiger partial charge in [0.1, 0.15) is 17.4 Å². The van der Waals surface area contributed by atoms with Crippen molar-refractivity contribution in [1.29, 1.82) is 5.26 Å². The maximum atomic E-state index is 11.7. The number of methoxy groups -OCH3 is 1. The van der Waals surface area contributed by atoms with Gasteiger partial charge in [-0.1, -0.05) is 24.3 Å². The maximum Gasteiger partial charge on any atom is 0.348 e. The smallest absolute Gasteiger partial charge is 0.348 e. The Balaban J connectivity index is 1.83. The van der Waals surface area contributed by atoms with E-state index >= 15 is 0 Å². The van der Waals surface area contributed by atoms with Gasteiger partial charge >= 0.3 is 5.97 Å². The number of nitriles is 1. The number of para-hydroxylation sites is 1. The summed E-state index contributed by atoms with van der Waals surface area (Å²) in [4.78, 5) is 24.5. The Labute approximate surface area is 184 Å². The summed E-state index contributed by atoms with van der Waals surface area (Å²) in [6, 6.07) is 16.2. The second-order valence-corrected chi connectivity index (χ2v) is 6.43. The summed E-state index contributed by atoms with van der Waals surface area (Å²) < 4.78 is 10.2. The molecule has 0 amide bonds. The molecule has 3 aromatic rings. The number of halogens is 1. The molecule has 0 spiro atoms. The van der Waals surface area contributed by atoms with Gasteiger partial charge < -0.3 is 14.8 Å². The second-order valence-electron chi connectivity index (χ2n) is 6.09. The molecule has 0 bridgehead atoms. The lowest BCUT2D eigenvalue weighted by Crippen LogP contribution is -2.06. The number of carbonyl (C=O) groups is 1. The molecule has 9 heteroatoms. The van der Waals surface area contributed by atoms with E-state index in [-0.39, 0.29) is 23.4 Å². The first kappa shape index (κ1) is 21.7. The summed E-state index contributed by atoms with van der Waals surface area (Å²) in [5.41, 5.74) is 1.95. The standard InChI is InChI=1S/C22H18ClN5O3/c1-3-31-20(29)15(13-24)12-14-8-10-16(11-9-14)25-22-27-19(26-21(23)28-22)17-6-4-5-7-18(17)30-2/h4-12H,3H2,1-2H3,(H,25,26,27,28)/b15-12+. The van der Waals surface area contributed by atoms with E-state index < -0.39 is 5.97 Å². The topological polar surface area (TPSA) is 110 Å². The van der Waals surface area contributed by atoms with Gasteiger partial charge in [-0.2, -0.15) is 20.2 Å². The number of rotatable bonds is 7. The van der Waals surface area contributed by atoms with Gasteiger partial charge in [-0.05, 0) is 54.4 Å². The Morgan fingerprint density at radius 1 is 1.16 bits per heavy atom. The lowest BCUT2D eigenvalue weighted by atomic mass is 10.1. The third-order valence-corrected chi connectivity index (χ3v) is 4.22. The predicted octanol–water partition coefficient (Wildman–Crippen LogP) is 4.41. The van der Waals surface area contributed by atoms with E-state index in [1.807, 2.05) is 24.3 Å². The summed E-state index contributed by atoms with van der Waals surface area (Å²) in [6.45, 7) is 1.88. The van der Waals surface area contributed by atoms with Crippen LogP contribution in [0.2, 0.25) is 5.28 Å². The number of aromatic nitrogens is 3. The van der Waals surface area contributed by atoms with E-state index in [1.165, 1.54) is 6.08 Å². The van der Waals surface area contributed by atoms with Gasteiger partial charge in [-0.25, -0.2) is 4.79 Å². The molecule has 1 aromatic heterocycles. The lowest BCUT2D eigenvalue weighted by molar-refractivity contribution is -0.137. The molecule has 0 aliphatic rings. The summed E-state index contributed by atoms with van der Waals surface area (Å²) in [5, 5.41) is 12.2. The average Bonchev–Trinajstić information content (AvgIpc) is 2.78.